The van der Waals surface area contributed by atoms with Crippen LogP contribution in [0.3, 0.4) is 0 Å². The maximum Gasteiger partial charge on any atom is 0.509 e. The van der Waals surface area contributed by atoms with Gasteiger partial charge in [-0.05, 0) is 43.0 Å². The Labute approximate surface area is 289 Å². The summed E-state index contributed by atoms with van der Waals surface area (Å²) in [6.07, 6.45) is 14.4. The number of unbranched alkanes of at least 4 members (excludes halogenated alkanes) is 10. The predicted molar refractivity (Wildman–Crippen MR) is 185 cm³/mol. The van der Waals surface area contributed by atoms with Gasteiger partial charge >= 0.3 is 12.1 Å². The molecule has 0 spiro atoms. The van der Waals surface area contributed by atoms with Gasteiger partial charge in [-0.15, -0.1) is 0 Å². The Kier molecular flexibility index (Phi) is 19.5. The summed E-state index contributed by atoms with van der Waals surface area (Å²) in [4.78, 5) is 39.6. The van der Waals surface area contributed by atoms with Crippen molar-refractivity contribution < 1.29 is 28.6 Å². The first-order valence-corrected chi connectivity index (χ1v) is 17.5. The number of rotatable bonds is 21. The van der Waals surface area contributed by atoms with Crippen LogP contribution < -0.4 is 5.32 Å². The van der Waals surface area contributed by atoms with Crippen LogP contribution in [0.25, 0.3) is 0 Å². The van der Waals surface area contributed by atoms with Gasteiger partial charge in [-0.3, -0.25) is 4.79 Å². The van der Waals surface area contributed by atoms with Gasteiger partial charge in [-0.25, -0.2) is 9.59 Å². The number of nitrogens with one attached hydrogen (secondary N) is 1. The lowest BCUT2D eigenvalue weighted by Gasteiger charge is -2.28. The number of halogens is 3. The summed E-state index contributed by atoms with van der Waals surface area (Å²) < 4.78 is 14.3. The van der Waals surface area contributed by atoms with E-state index in [2.05, 4.69) is 12.2 Å². The van der Waals surface area contributed by atoms with Crippen molar-refractivity contribution in [1.82, 2.24) is 5.32 Å². The molecule has 2 rings (SSSR count). The molecule has 2 aromatic rings. The highest BCUT2D eigenvalue weighted by molar-refractivity contribution is 6.67. The van der Waals surface area contributed by atoms with Gasteiger partial charge < -0.3 is 19.5 Å². The third-order valence-electron chi connectivity index (χ3n) is 7.34. The minimum absolute atomic E-state index is 0.357. The molecule has 0 saturated heterocycles. The Hall–Kier alpha value is -2.74. The second-order valence-electron chi connectivity index (χ2n) is 11.2. The van der Waals surface area contributed by atoms with Crippen molar-refractivity contribution >= 4 is 52.8 Å². The molecule has 3 atom stereocenters. The van der Waals surface area contributed by atoms with Crippen LogP contribution in [0.1, 0.15) is 113 Å². The fourth-order valence-corrected chi connectivity index (χ4v) is 4.98. The van der Waals surface area contributed by atoms with E-state index in [1.54, 1.807) is 60.7 Å². The van der Waals surface area contributed by atoms with Crippen LogP contribution in [0.15, 0.2) is 72.8 Å². The summed E-state index contributed by atoms with van der Waals surface area (Å²) in [5.74, 6) is -1.34. The van der Waals surface area contributed by atoms with Gasteiger partial charge in [-0.2, -0.15) is 0 Å². The number of carbonyl (C=O) groups excluding carboxylic acids is 3. The van der Waals surface area contributed by atoms with Crippen LogP contribution in [-0.4, -0.2) is 40.6 Å². The molecule has 254 valence electrons. The Bertz CT molecular complexity index is 1170. The molecule has 1 amide bonds. The molecule has 2 aromatic carbocycles. The number of amides is 1. The molecule has 10 heteroatoms. The van der Waals surface area contributed by atoms with Crippen LogP contribution in [-0.2, 0) is 19.0 Å². The monoisotopic (exact) mass is 695 g/mol. The number of alkyl halides is 3. The van der Waals surface area contributed by atoms with Crippen molar-refractivity contribution in [3.05, 3.63) is 83.9 Å². The highest BCUT2D eigenvalue weighted by Crippen LogP contribution is 2.27. The van der Waals surface area contributed by atoms with E-state index in [9.17, 15) is 14.4 Å². The Morgan fingerprint density at radius 2 is 1.35 bits per heavy atom. The fraction of sp³-hybridized carbons (Fsp3) is 0.528. The molecule has 0 saturated carbocycles. The number of esters is 1. The van der Waals surface area contributed by atoms with E-state index in [1.165, 1.54) is 51.4 Å². The second-order valence-corrected chi connectivity index (χ2v) is 13.7. The van der Waals surface area contributed by atoms with E-state index in [0.717, 1.165) is 19.3 Å². The van der Waals surface area contributed by atoms with Crippen LogP contribution >= 0.6 is 34.8 Å². The molecule has 0 heterocycles. The first-order chi connectivity index (χ1) is 22.1. The molecule has 0 bridgehead atoms. The summed E-state index contributed by atoms with van der Waals surface area (Å²) in [7, 11) is 0. The van der Waals surface area contributed by atoms with Gasteiger partial charge in [0.25, 0.3) is 5.91 Å². The third-order valence-corrected chi connectivity index (χ3v) is 7.67. The van der Waals surface area contributed by atoms with Crippen molar-refractivity contribution in [1.29, 1.82) is 0 Å². The van der Waals surface area contributed by atoms with Gasteiger partial charge in [0.1, 0.15) is 18.8 Å². The van der Waals surface area contributed by atoms with E-state index in [-0.39, 0.29) is 0 Å². The van der Waals surface area contributed by atoms with Crippen molar-refractivity contribution in [2.75, 3.05) is 6.61 Å². The topological polar surface area (TPSA) is 90.9 Å². The van der Waals surface area contributed by atoms with Crippen LogP contribution in [0.2, 0.25) is 0 Å². The molecule has 1 N–H and O–H groups in total. The smallest absolute Gasteiger partial charge is 0.455 e. The quantitative estimate of drug-likeness (QED) is 0.0605. The lowest BCUT2D eigenvalue weighted by molar-refractivity contribution is -0.160. The zero-order chi connectivity index (χ0) is 33.6. The Morgan fingerprint density at radius 1 is 0.783 bits per heavy atom. The largest absolute Gasteiger partial charge is 0.509 e. The summed E-state index contributed by atoms with van der Waals surface area (Å²) in [6.45, 7) is 3.52. The first kappa shape index (κ1) is 39.4. The number of carbonyl (C=O) groups is 3. The molecule has 0 aliphatic carbocycles. The van der Waals surface area contributed by atoms with Crippen LogP contribution in [0.5, 0.6) is 0 Å². The molecular weight excluding hydrogens is 649 g/mol. The SMILES string of the molecule is CCCCCCCCCCCCC=CC(CC)OC(=O)[C@H](OC(=O)OCC(Cl)(Cl)Cl)[C@@H](NC(=O)c1ccccc1)c1ccccc1. The van der Waals surface area contributed by atoms with E-state index >= 15 is 0 Å². The third kappa shape index (κ3) is 16.7. The number of ether oxygens (including phenoxy) is 3. The maximum absolute atomic E-state index is 13.7. The average Bonchev–Trinajstić information content (AvgIpc) is 3.05. The van der Waals surface area contributed by atoms with Crippen molar-refractivity contribution in [2.45, 2.75) is 113 Å². The highest BCUT2D eigenvalue weighted by Gasteiger charge is 2.38. The van der Waals surface area contributed by atoms with E-state index < -0.39 is 46.7 Å². The zero-order valence-electron chi connectivity index (χ0n) is 26.9. The van der Waals surface area contributed by atoms with Crippen molar-refractivity contribution in [3.63, 3.8) is 0 Å². The number of allylic oxidation sites excluding steroid dienone is 1. The average molecular weight is 697 g/mol. The normalized spacial score (nSPS) is 13.5. The lowest BCUT2D eigenvalue weighted by atomic mass is 10.00. The fourth-order valence-electron chi connectivity index (χ4n) is 4.81. The lowest BCUT2D eigenvalue weighted by Crippen LogP contribution is -2.44. The van der Waals surface area contributed by atoms with Crippen LogP contribution in [0, 0.1) is 0 Å². The predicted octanol–water partition coefficient (Wildman–Crippen LogP) is 10.2. The summed E-state index contributed by atoms with van der Waals surface area (Å²) in [5.41, 5.74) is 0.864. The highest BCUT2D eigenvalue weighted by atomic mass is 35.6. The van der Waals surface area contributed by atoms with Crippen LogP contribution in [0.4, 0.5) is 4.79 Å². The van der Waals surface area contributed by atoms with Gasteiger partial charge in [0.05, 0.1) is 0 Å². The number of hydrogen-bond donors (Lipinski definition) is 1. The van der Waals surface area contributed by atoms with Crippen molar-refractivity contribution in [3.8, 4) is 0 Å². The van der Waals surface area contributed by atoms with Crippen molar-refractivity contribution in [2.24, 2.45) is 0 Å². The van der Waals surface area contributed by atoms with E-state index in [4.69, 9.17) is 49.0 Å². The van der Waals surface area contributed by atoms with Gasteiger partial charge in [-0.1, -0.05) is 161 Å². The Balaban J connectivity index is 2.09. The molecule has 46 heavy (non-hydrogen) atoms. The second kappa shape index (κ2) is 22.7. The molecular formula is C36H48Cl3NO6. The number of benzene rings is 2. The molecule has 0 radical (unpaired) electrons. The summed E-state index contributed by atoms with van der Waals surface area (Å²) in [6, 6.07) is 16.0. The zero-order valence-corrected chi connectivity index (χ0v) is 29.2. The summed E-state index contributed by atoms with van der Waals surface area (Å²) >= 11 is 17.2. The van der Waals surface area contributed by atoms with Gasteiger partial charge in [0.15, 0.2) is 0 Å². The number of hydrogen-bond acceptors (Lipinski definition) is 6. The molecule has 0 aliphatic heterocycles. The van der Waals surface area contributed by atoms with E-state index in [1.807, 2.05) is 19.1 Å². The van der Waals surface area contributed by atoms with Gasteiger partial charge in [0.2, 0.25) is 9.90 Å². The molecule has 0 aliphatic rings. The maximum atomic E-state index is 13.7. The molecule has 7 nitrogen and oxygen atoms in total. The minimum atomic E-state index is -1.89. The van der Waals surface area contributed by atoms with Gasteiger partial charge in [0, 0.05) is 5.56 Å². The summed E-state index contributed by atoms with van der Waals surface area (Å²) in [5, 5.41) is 2.82. The standard InChI is InChI=1S/C36H48Cl3NO6/c1-3-5-6-7-8-9-10-11-12-13-14-21-26-30(4-2)45-34(42)32(46-35(43)44-27-36(37,38)39)31(28-22-17-15-18-23-28)40-33(41)29-24-19-16-20-25-29/h15-26,30-32H,3-14,27H2,1-2H3,(H,40,41)/t30?,31-,32+/m0/s1. The molecule has 0 aromatic heterocycles. The Morgan fingerprint density at radius 3 is 1.91 bits per heavy atom. The minimum Gasteiger partial charge on any atom is -0.455 e. The first-order valence-electron chi connectivity index (χ1n) is 16.3. The van der Waals surface area contributed by atoms with E-state index in [0.29, 0.717) is 17.5 Å². The molecule has 1 unspecified atom stereocenters. The molecule has 0 fully saturated rings.